The molecular formula is C16H19BrN4O. The summed E-state index contributed by atoms with van der Waals surface area (Å²) in [6.07, 6.45) is 12.4. The van der Waals surface area contributed by atoms with Crippen molar-refractivity contribution in [1.82, 2.24) is 14.8 Å². The number of hydrogen-bond donors (Lipinski definition) is 1. The highest BCUT2D eigenvalue weighted by Crippen LogP contribution is 2.47. The Hall–Kier alpha value is -1.56. The zero-order valence-corrected chi connectivity index (χ0v) is 14.1. The van der Waals surface area contributed by atoms with Crippen LogP contribution in [0, 0.1) is 0 Å². The van der Waals surface area contributed by atoms with Gasteiger partial charge < -0.3 is 10.1 Å². The van der Waals surface area contributed by atoms with Crippen molar-refractivity contribution >= 4 is 21.6 Å². The quantitative estimate of drug-likeness (QED) is 0.884. The summed E-state index contributed by atoms with van der Waals surface area (Å²) in [6, 6.07) is 0.471. The van der Waals surface area contributed by atoms with Crippen LogP contribution in [0.3, 0.4) is 0 Å². The maximum atomic E-state index is 6.18. The van der Waals surface area contributed by atoms with Crippen molar-refractivity contribution in [3.8, 4) is 5.75 Å². The van der Waals surface area contributed by atoms with Crippen LogP contribution in [0.2, 0.25) is 0 Å². The number of pyridine rings is 1. The fraction of sp³-hybridized carbons (Fsp3) is 0.500. The molecule has 0 radical (unpaired) electrons. The Morgan fingerprint density at radius 1 is 1.27 bits per heavy atom. The van der Waals surface area contributed by atoms with Gasteiger partial charge in [-0.1, -0.05) is 0 Å². The zero-order chi connectivity index (χ0) is 15.1. The smallest absolute Gasteiger partial charge is 0.142 e. The van der Waals surface area contributed by atoms with Gasteiger partial charge in [0.05, 0.1) is 18.1 Å². The van der Waals surface area contributed by atoms with E-state index in [-0.39, 0.29) is 6.10 Å². The summed E-state index contributed by atoms with van der Waals surface area (Å²) in [4.78, 5) is 4.26. The average Bonchev–Trinajstić information content (AvgIpc) is 3.19. The molecule has 0 bridgehead atoms. The minimum atomic E-state index is 0.280. The fourth-order valence-corrected chi connectivity index (χ4v) is 3.62. The first-order valence-electron chi connectivity index (χ1n) is 7.74. The van der Waals surface area contributed by atoms with Gasteiger partial charge in [-0.2, -0.15) is 5.10 Å². The Morgan fingerprint density at radius 2 is 2.09 bits per heavy atom. The standard InChI is InChI=1S/C16H19BrN4O/c1-21-9-12(6-19-21)20-11-4-13(5-11)22-15-8-18-7-14(17)16(15)10-2-3-10/h6-11,13,20H,2-5H2,1H3. The predicted octanol–water partition coefficient (Wildman–Crippen LogP) is 3.48. The summed E-state index contributed by atoms with van der Waals surface area (Å²) in [7, 11) is 1.93. The molecule has 2 saturated carbocycles. The van der Waals surface area contributed by atoms with Crippen LogP contribution >= 0.6 is 15.9 Å². The third-order valence-corrected chi connectivity index (χ3v) is 4.98. The van der Waals surface area contributed by atoms with Gasteiger partial charge in [0.2, 0.25) is 0 Å². The predicted molar refractivity (Wildman–Crippen MR) is 88.2 cm³/mol. The minimum absolute atomic E-state index is 0.280. The molecule has 0 unspecified atom stereocenters. The van der Waals surface area contributed by atoms with Crippen molar-refractivity contribution in [2.24, 2.45) is 7.05 Å². The summed E-state index contributed by atoms with van der Waals surface area (Å²) < 4.78 is 9.07. The molecule has 2 aliphatic rings. The lowest BCUT2D eigenvalue weighted by atomic mass is 9.89. The molecule has 0 aromatic carbocycles. The highest BCUT2D eigenvalue weighted by molar-refractivity contribution is 9.10. The second-order valence-electron chi connectivity index (χ2n) is 6.26. The minimum Gasteiger partial charge on any atom is -0.488 e. The van der Waals surface area contributed by atoms with Crippen molar-refractivity contribution in [3.63, 3.8) is 0 Å². The molecule has 5 nitrogen and oxygen atoms in total. The first kappa shape index (κ1) is 14.1. The summed E-state index contributed by atoms with van der Waals surface area (Å²) in [5.41, 5.74) is 2.38. The number of hydrogen-bond acceptors (Lipinski definition) is 4. The van der Waals surface area contributed by atoms with Crippen molar-refractivity contribution in [1.29, 1.82) is 0 Å². The molecule has 0 atom stereocenters. The van der Waals surface area contributed by atoms with Crippen LogP contribution in [0.25, 0.3) is 0 Å². The summed E-state index contributed by atoms with van der Waals surface area (Å²) in [5.74, 6) is 1.61. The Kier molecular flexibility index (Phi) is 3.56. The first-order valence-corrected chi connectivity index (χ1v) is 8.53. The second kappa shape index (κ2) is 5.57. The average molecular weight is 363 g/mol. The van der Waals surface area contributed by atoms with Gasteiger partial charge in [-0.15, -0.1) is 0 Å². The normalized spacial score (nSPS) is 23.9. The number of nitrogens with zero attached hydrogens (tertiary/aromatic N) is 3. The van der Waals surface area contributed by atoms with Crippen LogP contribution in [0.4, 0.5) is 5.69 Å². The van der Waals surface area contributed by atoms with E-state index in [1.165, 1.54) is 18.4 Å². The van der Waals surface area contributed by atoms with Gasteiger partial charge in [0.1, 0.15) is 11.9 Å². The van der Waals surface area contributed by atoms with Gasteiger partial charge >= 0.3 is 0 Å². The van der Waals surface area contributed by atoms with E-state index in [1.54, 1.807) is 0 Å². The van der Waals surface area contributed by atoms with Gasteiger partial charge in [0.15, 0.2) is 0 Å². The van der Waals surface area contributed by atoms with E-state index in [0.29, 0.717) is 12.0 Å². The van der Waals surface area contributed by atoms with Gasteiger partial charge in [-0.3, -0.25) is 9.67 Å². The molecule has 2 aromatic rings. The third-order valence-electron chi connectivity index (χ3n) is 4.35. The molecular weight excluding hydrogens is 344 g/mol. The van der Waals surface area contributed by atoms with Crippen molar-refractivity contribution < 1.29 is 4.74 Å². The van der Waals surface area contributed by atoms with E-state index in [9.17, 15) is 0 Å². The molecule has 1 N–H and O–H groups in total. The van der Waals surface area contributed by atoms with Crippen LogP contribution in [0.15, 0.2) is 29.3 Å². The SMILES string of the molecule is Cn1cc(NC2CC(Oc3cncc(Br)c3C3CC3)C2)cn1. The zero-order valence-electron chi connectivity index (χ0n) is 12.5. The van der Waals surface area contributed by atoms with Crippen LogP contribution in [-0.4, -0.2) is 26.9 Å². The Balaban J connectivity index is 1.35. The topological polar surface area (TPSA) is 52.0 Å². The number of rotatable bonds is 5. The summed E-state index contributed by atoms with van der Waals surface area (Å²) in [6.45, 7) is 0. The number of aromatic nitrogens is 3. The second-order valence-corrected chi connectivity index (χ2v) is 7.12. The number of halogens is 1. The first-order chi connectivity index (χ1) is 10.7. The summed E-state index contributed by atoms with van der Waals surface area (Å²) in [5, 5.41) is 7.66. The molecule has 116 valence electrons. The monoisotopic (exact) mass is 362 g/mol. The lowest BCUT2D eigenvalue weighted by Crippen LogP contribution is -2.42. The molecule has 0 spiro atoms. The molecule has 2 fully saturated rings. The maximum Gasteiger partial charge on any atom is 0.142 e. The lowest BCUT2D eigenvalue weighted by molar-refractivity contribution is 0.106. The Labute approximate surface area is 138 Å². The molecule has 0 aliphatic heterocycles. The van der Waals surface area contributed by atoms with Crippen molar-refractivity contribution in [2.45, 2.75) is 43.7 Å². The van der Waals surface area contributed by atoms with Gasteiger partial charge in [0.25, 0.3) is 0 Å². The van der Waals surface area contributed by atoms with E-state index in [4.69, 9.17) is 4.74 Å². The fourth-order valence-electron chi connectivity index (χ4n) is 2.98. The number of anilines is 1. The molecule has 6 heteroatoms. The molecule has 2 aromatic heterocycles. The van der Waals surface area contributed by atoms with Crippen LogP contribution < -0.4 is 10.1 Å². The molecule has 0 amide bonds. The largest absolute Gasteiger partial charge is 0.488 e. The van der Waals surface area contributed by atoms with Gasteiger partial charge in [-0.05, 0) is 34.7 Å². The highest BCUT2D eigenvalue weighted by atomic mass is 79.9. The van der Waals surface area contributed by atoms with E-state index in [0.717, 1.165) is 28.8 Å². The molecule has 22 heavy (non-hydrogen) atoms. The number of nitrogens with one attached hydrogen (secondary N) is 1. The van der Waals surface area contributed by atoms with E-state index in [1.807, 2.05) is 36.5 Å². The summed E-state index contributed by atoms with van der Waals surface area (Å²) >= 11 is 3.61. The van der Waals surface area contributed by atoms with Crippen LogP contribution in [0.1, 0.15) is 37.2 Å². The third kappa shape index (κ3) is 2.84. The lowest BCUT2D eigenvalue weighted by Gasteiger charge is -2.36. The Morgan fingerprint density at radius 3 is 2.77 bits per heavy atom. The van der Waals surface area contributed by atoms with Crippen molar-refractivity contribution in [3.05, 3.63) is 34.8 Å². The Bertz CT molecular complexity index is 677. The molecule has 2 heterocycles. The molecule has 4 rings (SSSR count). The number of aryl methyl sites for hydroxylation is 1. The van der Waals surface area contributed by atoms with Crippen LogP contribution in [-0.2, 0) is 7.05 Å². The van der Waals surface area contributed by atoms with E-state index >= 15 is 0 Å². The van der Waals surface area contributed by atoms with Gasteiger partial charge in [0, 0.05) is 48.4 Å². The molecule has 2 aliphatic carbocycles. The molecule has 0 saturated heterocycles. The van der Waals surface area contributed by atoms with E-state index < -0.39 is 0 Å². The number of ether oxygens (including phenoxy) is 1. The van der Waals surface area contributed by atoms with Crippen molar-refractivity contribution in [2.75, 3.05) is 5.32 Å². The van der Waals surface area contributed by atoms with E-state index in [2.05, 4.69) is 31.3 Å². The maximum absolute atomic E-state index is 6.18. The van der Waals surface area contributed by atoms with Gasteiger partial charge in [-0.25, -0.2) is 0 Å². The van der Waals surface area contributed by atoms with Crippen LogP contribution in [0.5, 0.6) is 5.75 Å². The highest BCUT2D eigenvalue weighted by Gasteiger charge is 2.34.